The Morgan fingerprint density at radius 2 is 1.92 bits per heavy atom. The van der Waals surface area contributed by atoms with Crippen molar-refractivity contribution in [3.05, 3.63) is 57.6 Å². The third kappa shape index (κ3) is 5.37. The van der Waals surface area contributed by atoms with E-state index in [0.717, 1.165) is 16.9 Å². The third-order valence-electron chi connectivity index (χ3n) is 3.37. The van der Waals surface area contributed by atoms with Gasteiger partial charge in [0.05, 0.1) is 18.3 Å². The molecule has 0 aliphatic heterocycles. The maximum absolute atomic E-state index is 12.0. The van der Waals surface area contributed by atoms with Gasteiger partial charge in [0.2, 0.25) is 0 Å². The van der Waals surface area contributed by atoms with Crippen LogP contribution in [0.15, 0.2) is 41.5 Å². The normalized spacial score (nSPS) is 12.0. The molecule has 1 amide bonds. The minimum atomic E-state index is -0.770. The zero-order chi connectivity index (χ0) is 18.4. The van der Waals surface area contributed by atoms with Crippen LogP contribution in [0.2, 0.25) is 10.0 Å². The Morgan fingerprint density at radius 3 is 2.56 bits per heavy atom. The first-order valence-electron chi connectivity index (χ1n) is 7.50. The zero-order valence-corrected chi connectivity index (χ0v) is 15.6. The predicted molar refractivity (Wildman–Crippen MR) is 100 cm³/mol. The van der Waals surface area contributed by atoms with E-state index < -0.39 is 12.0 Å². The number of hydrazone groups is 1. The van der Waals surface area contributed by atoms with Crippen LogP contribution < -0.4 is 14.9 Å². The van der Waals surface area contributed by atoms with Crippen molar-refractivity contribution >= 4 is 35.3 Å². The van der Waals surface area contributed by atoms with E-state index in [1.807, 2.05) is 25.1 Å². The Hall–Kier alpha value is -2.24. The number of halogens is 2. The molecule has 0 saturated carbocycles. The number of aryl methyl sites for hydroxylation is 1. The van der Waals surface area contributed by atoms with E-state index in [0.29, 0.717) is 15.8 Å². The number of amides is 1. The van der Waals surface area contributed by atoms with Crippen LogP contribution in [0.5, 0.6) is 11.5 Å². The van der Waals surface area contributed by atoms with Crippen LogP contribution in [0.1, 0.15) is 18.1 Å². The van der Waals surface area contributed by atoms with E-state index in [-0.39, 0.29) is 0 Å². The van der Waals surface area contributed by atoms with Crippen molar-refractivity contribution in [3.63, 3.8) is 0 Å². The van der Waals surface area contributed by atoms with E-state index in [2.05, 4.69) is 10.5 Å². The number of methoxy groups -OCH3 is 1. The number of hydrogen-bond donors (Lipinski definition) is 1. The van der Waals surface area contributed by atoms with Crippen molar-refractivity contribution in [2.45, 2.75) is 20.0 Å². The maximum atomic E-state index is 12.0. The molecule has 132 valence electrons. The van der Waals surface area contributed by atoms with E-state index in [4.69, 9.17) is 32.7 Å². The summed E-state index contributed by atoms with van der Waals surface area (Å²) in [7, 11) is 1.62. The summed E-state index contributed by atoms with van der Waals surface area (Å²) in [4.78, 5) is 12.0. The molecule has 1 N–H and O–H groups in total. The standard InChI is InChI=1S/C18H18Cl2N2O3/c1-11-8-13(4-6-16(11)24-3)10-21-22-18(23)12(2)25-17-7-5-14(19)9-15(17)20/h4-10,12H,1-3H3,(H,22,23)/b21-10+. The maximum Gasteiger partial charge on any atom is 0.280 e. The summed E-state index contributed by atoms with van der Waals surface area (Å²) in [5.41, 5.74) is 4.25. The molecule has 0 aromatic heterocycles. The second-order valence-corrected chi connectivity index (χ2v) is 6.14. The van der Waals surface area contributed by atoms with Gasteiger partial charge in [0.25, 0.3) is 5.91 Å². The molecule has 0 aliphatic rings. The first-order chi connectivity index (χ1) is 11.9. The summed E-state index contributed by atoms with van der Waals surface area (Å²) in [6.45, 7) is 3.54. The lowest BCUT2D eigenvalue weighted by Gasteiger charge is -2.14. The number of nitrogens with zero attached hydrogens (tertiary/aromatic N) is 1. The highest BCUT2D eigenvalue weighted by Gasteiger charge is 2.15. The SMILES string of the molecule is COc1ccc(/C=N/NC(=O)C(C)Oc2ccc(Cl)cc2Cl)cc1C. The fraction of sp³-hybridized carbons (Fsp3) is 0.222. The molecule has 25 heavy (non-hydrogen) atoms. The van der Waals surface area contributed by atoms with E-state index >= 15 is 0 Å². The second-order valence-electron chi connectivity index (χ2n) is 5.30. The van der Waals surface area contributed by atoms with Crippen LogP contribution in [0.25, 0.3) is 0 Å². The van der Waals surface area contributed by atoms with Crippen LogP contribution >= 0.6 is 23.2 Å². The molecular formula is C18H18Cl2N2O3. The van der Waals surface area contributed by atoms with Gasteiger partial charge in [0.15, 0.2) is 6.10 Å². The molecule has 2 aromatic rings. The molecule has 0 radical (unpaired) electrons. The molecular weight excluding hydrogens is 363 g/mol. The summed E-state index contributed by atoms with van der Waals surface area (Å²) in [6, 6.07) is 10.4. The van der Waals surface area contributed by atoms with Crippen molar-refractivity contribution in [2.75, 3.05) is 7.11 Å². The molecule has 7 heteroatoms. The van der Waals surface area contributed by atoms with Gasteiger partial charge in [0.1, 0.15) is 11.5 Å². The molecule has 5 nitrogen and oxygen atoms in total. The molecule has 2 aromatic carbocycles. The Kier molecular flexibility index (Phi) is 6.67. The van der Waals surface area contributed by atoms with Crippen LogP contribution in [0, 0.1) is 6.92 Å². The van der Waals surface area contributed by atoms with E-state index in [1.165, 1.54) is 0 Å². The molecule has 0 heterocycles. The summed E-state index contributed by atoms with van der Waals surface area (Å²) in [5.74, 6) is 0.777. The molecule has 0 bridgehead atoms. The summed E-state index contributed by atoms with van der Waals surface area (Å²) < 4.78 is 10.7. The Labute approximate surface area is 156 Å². The summed E-state index contributed by atoms with van der Waals surface area (Å²) in [6.07, 6.45) is 0.778. The first-order valence-corrected chi connectivity index (χ1v) is 8.25. The van der Waals surface area contributed by atoms with Crippen molar-refractivity contribution in [1.29, 1.82) is 0 Å². The Bertz CT molecular complexity index is 794. The third-order valence-corrected chi connectivity index (χ3v) is 3.90. The highest BCUT2D eigenvalue weighted by molar-refractivity contribution is 6.35. The van der Waals surface area contributed by atoms with Crippen molar-refractivity contribution in [1.82, 2.24) is 5.43 Å². The zero-order valence-electron chi connectivity index (χ0n) is 14.0. The van der Waals surface area contributed by atoms with Gasteiger partial charge in [-0.1, -0.05) is 23.2 Å². The van der Waals surface area contributed by atoms with Crippen molar-refractivity contribution < 1.29 is 14.3 Å². The predicted octanol–water partition coefficient (Wildman–Crippen LogP) is 4.23. The number of nitrogens with one attached hydrogen (secondary N) is 1. The fourth-order valence-electron chi connectivity index (χ4n) is 2.06. The molecule has 1 unspecified atom stereocenters. The van der Waals surface area contributed by atoms with Crippen LogP contribution in [-0.2, 0) is 4.79 Å². The topological polar surface area (TPSA) is 59.9 Å². The number of ether oxygens (including phenoxy) is 2. The molecule has 0 spiro atoms. The lowest BCUT2D eigenvalue weighted by molar-refractivity contribution is -0.127. The summed E-state index contributed by atoms with van der Waals surface area (Å²) in [5, 5.41) is 4.77. The number of carbonyl (C=O) groups is 1. The minimum absolute atomic E-state index is 0.337. The lowest BCUT2D eigenvalue weighted by Crippen LogP contribution is -2.33. The van der Waals surface area contributed by atoms with Gasteiger partial charge in [-0.05, 0) is 61.4 Å². The minimum Gasteiger partial charge on any atom is -0.496 e. The van der Waals surface area contributed by atoms with Gasteiger partial charge in [-0.3, -0.25) is 4.79 Å². The van der Waals surface area contributed by atoms with Gasteiger partial charge >= 0.3 is 0 Å². The number of rotatable bonds is 6. The smallest absolute Gasteiger partial charge is 0.280 e. The largest absolute Gasteiger partial charge is 0.496 e. The van der Waals surface area contributed by atoms with Crippen LogP contribution in [-0.4, -0.2) is 25.3 Å². The molecule has 0 aliphatic carbocycles. The average molecular weight is 381 g/mol. The summed E-state index contributed by atoms with van der Waals surface area (Å²) >= 11 is 11.8. The molecule has 0 fully saturated rings. The number of carbonyl (C=O) groups excluding carboxylic acids is 1. The van der Waals surface area contributed by atoms with Crippen LogP contribution in [0.4, 0.5) is 0 Å². The van der Waals surface area contributed by atoms with E-state index in [9.17, 15) is 4.79 Å². The van der Waals surface area contributed by atoms with Gasteiger partial charge in [-0.15, -0.1) is 0 Å². The first kappa shape index (κ1) is 19.1. The highest BCUT2D eigenvalue weighted by atomic mass is 35.5. The Balaban J connectivity index is 1.93. The number of hydrogen-bond acceptors (Lipinski definition) is 4. The van der Waals surface area contributed by atoms with Gasteiger partial charge in [-0.25, -0.2) is 5.43 Å². The van der Waals surface area contributed by atoms with Gasteiger partial charge in [0, 0.05) is 5.02 Å². The highest BCUT2D eigenvalue weighted by Crippen LogP contribution is 2.28. The Morgan fingerprint density at radius 1 is 1.20 bits per heavy atom. The van der Waals surface area contributed by atoms with Crippen molar-refractivity contribution in [2.24, 2.45) is 5.10 Å². The monoisotopic (exact) mass is 380 g/mol. The van der Waals surface area contributed by atoms with Gasteiger partial charge < -0.3 is 9.47 Å². The number of benzene rings is 2. The molecule has 2 rings (SSSR count). The average Bonchev–Trinajstić information content (AvgIpc) is 2.57. The molecule has 0 saturated heterocycles. The molecule has 1 atom stereocenters. The van der Waals surface area contributed by atoms with E-state index in [1.54, 1.807) is 38.4 Å². The fourth-order valence-corrected chi connectivity index (χ4v) is 2.51. The van der Waals surface area contributed by atoms with Gasteiger partial charge in [-0.2, -0.15) is 5.10 Å². The van der Waals surface area contributed by atoms with Crippen LogP contribution in [0.3, 0.4) is 0 Å². The lowest BCUT2D eigenvalue weighted by atomic mass is 10.1. The second kappa shape index (κ2) is 8.74. The quantitative estimate of drug-likeness (QED) is 0.602. The van der Waals surface area contributed by atoms with Crippen molar-refractivity contribution in [3.8, 4) is 11.5 Å².